The second-order valence-corrected chi connectivity index (χ2v) is 5.60. The molecular formula is C15H30N2O3. The maximum atomic E-state index is 11.6. The molecule has 1 aliphatic heterocycles. The van der Waals surface area contributed by atoms with Gasteiger partial charge in [-0.1, -0.05) is 6.92 Å². The molecule has 1 rings (SSSR count). The third-order valence-corrected chi connectivity index (χ3v) is 3.68. The summed E-state index contributed by atoms with van der Waals surface area (Å²) in [5.74, 6) is 0.297. The Morgan fingerprint density at radius 1 is 1.40 bits per heavy atom. The van der Waals surface area contributed by atoms with Gasteiger partial charge in [-0.15, -0.1) is 0 Å². The number of nitrogens with zero attached hydrogens (tertiary/aromatic N) is 1. The van der Waals surface area contributed by atoms with Gasteiger partial charge >= 0.3 is 5.97 Å². The Balaban J connectivity index is 2.44. The fraction of sp³-hybridized carbons (Fsp3) is 0.933. The van der Waals surface area contributed by atoms with E-state index >= 15 is 0 Å². The van der Waals surface area contributed by atoms with Crippen molar-refractivity contribution in [2.45, 2.75) is 45.6 Å². The van der Waals surface area contributed by atoms with Crippen molar-refractivity contribution < 1.29 is 14.6 Å². The highest BCUT2D eigenvalue weighted by atomic mass is 16.5. The number of carbonyl (C=O) groups excluding carboxylic acids is 1. The predicted octanol–water partition coefficient (Wildman–Crippen LogP) is 1.01. The first-order chi connectivity index (χ1) is 9.69. The molecule has 0 aromatic heterocycles. The van der Waals surface area contributed by atoms with Crippen molar-refractivity contribution in [3.8, 4) is 0 Å². The average Bonchev–Trinajstić information content (AvgIpc) is 2.39. The molecule has 1 fully saturated rings. The normalized spacial score (nSPS) is 23.8. The summed E-state index contributed by atoms with van der Waals surface area (Å²) in [6.07, 6.45) is 3.46. The van der Waals surface area contributed by atoms with Crippen LogP contribution in [-0.2, 0) is 9.53 Å². The fourth-order valence-electron chi connectivity index (χ4n) is 2.94. The molecule has 0 bridgehead atoms. The van der Waals surface area contributed by atoms with Crippen LogP contribution in [-0.4, -0.2) is 61.4 Å². The fourth-order valence-corrected chi connectivity index (χ4v) is 2.94. The maximum Gasteiger partial charge on any atom is 0.306 e. The second kappa shape index (κ2) is 10.1. The first kappa shape index (κ1) is 17.4. The van der Waals surface area contributed by atoms with Crippen LogP contribution in [0.15, 0.2) is 0 Å². The standard InChI is InChI=1S/C15H30N2O3/c1-3-7-17-11-13(10-15(19)20-4-2)9-14(12-17)16-6-5-8-18/h13-14,16,18H,3-12H2,1-2H3. The number of aliphatic hydroxyl groups is 1. The number of likely N-dealkylation sites (tertiary alicyclic amines) is 1. The van der Waals surface area contributed by atoms with Crippen molar-refractivity contribution in [3.05, 3.63) is 0 Å². The van der Waals surface area contributed by atoms with E-state index in [1.807, 2.05) is 6.92 Å². The summed E-state index contributed by atoms with van der Waals surface area (Å²) in [6.45, 7) is 8.67. The van der Waals surface area contributed by atoms with Crippen LogP contribution in [0.1, 0.15) is 39.5 Å². The monoisotopic (exact) mass is 286 g/mol. The van der Waals surface area contributed by atoms with Gasteiger partial charge in [0.2, 0.25) is 0 Å². The molecule has 20 heavy (non-hydrogen) atoms. The Hall–Kier alpha value is -0.650. The van der Waals surface area contributed by atoms with E-state index in [-0.39, 0.29) is 12.6 Å². The van der Waals surface area contributed by atoms with Gasteiger partial charge in [0, 0.05) is 32.2 Å². The van der Waals surface area contributed by atoms with Crippen LogP contribution in [0, 0.1) is 5.92 Å². The molecule has 0 radical (unpaired) electrons. The number of nitrogens with one attached hydrogen (secondary N) is 1. The van der Waals surface area contributed by atoms with E-state index < -0.39 is 0 Å². The molecule has 0 spiro atoms. The highest BCUT2D eigenvalue weighted by Crippen LogP contribution is 2.21. The smallest absolute Gasteiger partial charge is 0.306 e. The minimum Gasteiger partial charge on any atom is -0.466 e. The summed E-state index contributed by atoms with van der Waals surface area (Å²) in [7, 11) is 0. The van der Waals surface area contributed by atoms with Gasteiger partial charge < -0.3 is 20.1 Å². The van der Waals surface area contributed by atoms with E-state index in [2.05, 4.69) is 17.1 Å². The summed E-state index contributed by atoms with van der Waals surface area (Å²) >= 11 is 0. The van der Waals surface area contributed by atoms with Crippen molar-refractivity contribution in [2.24, 2.45) is 5.92 Å². The quantitative estimate of drug-likeness (QED) is 0.489. The predicted molar refractivity (Wildman–Crippen MR) is 79.6 cm³/mol. The summed E-state index contributed by atoms with van der Waals surface area (Å²) in [6, 6.07) is 0.418. The summed E-state index contributed by atoms with van der Waals surface area (Å²) < 4.78 is 5.06. The number of hydrogen-bond donors (Lipinski definition) is 2. The molecule has 0 aromatic carbocycles. The molecule has 0 aromatic rings. The number of aliphatic hydroxyl groups excluding tert-OH is 1. The molecule has 5 nitrogen and oxygen atoms in total. The van der Waals surface area contributed by atoms with E-state index in [0.29, 0.717) is 25.0 Å². The van der Waals surface area contributed by atoms with Crippen LogP contribution in [0.2, 0.25) is 0 Å². The van der Waals surface area contributed by atoms with Crippen LogP contribution in [0.5, 0.6) is 0 Å². The molecule has 1 heterocycles. The Morgan fingerprint density at radius 3 is 2.85 bits per heavy atom. The lowest BCUT2D eigenvalue weighted by Crippen LogP contribution is -2.50. The number of esters is 1. The Morgan fingerprint density at radius 2 is 2.20 bits per heavy atom. The van der Waals surface area contributed by atoms with Crippen molar-refractivity contribution in [3.63, 3.8) is 0 Å². The minimum atomic E-state index is -0.0787. The molecule has 1 aliphatic rings. The van der Waals surface area contributed by atoms with Crippen LogP contribution in [0.3, 0.4) is 0 Å². The molecule has 2 N–H and O–H groups in total. The van der Waals surface area contributed by atoms with Crippen LogP contribution >= 0.6 is 0 Å². The van der Waals surface area contributed by atoms with Gasteiger partial charge in [-0.05, 0) is 45.2 Å². The Bertz CT molecular complexity index is 274. The number of rotatable bonds is 9. The van der Waals surface area contributed by atoms with E-state index in [1.165, 1.54) is 0 Å². The highest BCUT2D eigenvalue weighted by molar-refractivity contribution is 5.69. The van der Waals surface area contributed by atoms with E-state index in [0.717, 1.165) is 45.4 Å². The number of ether oxygens (including phenoxy) is 1. The van der Waals surface area contributed by atoms with Crippen LogP contribution in [0.4, 0.5) is 0 Å². The van der Waals surface area contributed by atoms with Gasteiger partial charge in [-0.25, -0.2) is 0 Å². The maximum absolute atomic E-state index is 11.6. The first-order valence-corrected chi connectivity index (χ1v) is 7.91. The summed E-state index contributed by atoms with van der Waals surface area (Å²) in [5.41, 5.74) is 0. The molecule has 5 heteroatoms. The van der Waals surface area contributed by atoms with Crippen molar-refractivity contribution in [1.29, 1.82) is 0 Å². The van der Waals surface area contributed by atoms with Crippen molar-refractivity contribution in [1.82, 2.24) is 10.2 Å². The average molecular weight is 286 g/mol. The molecule has 0 saturated carbocycles. The van der Waals surface area contributed by atoms with Gasteiger partial charge in [0.25, 0.3) is 0 Å². The topological polar surface area (TPSA) is 61.8 Å². The van der Waals surface area contributed by atoms with Crippen molar-refractivity contribution in [2.75, 3.05) is 39.4 Å². The Labute approximate surface area is 122 Å². The number of hydrogen-bond acceptors (Lipinski definition) is 5. The van der Waals surface area contributed by atoms with Gasteiger partial charge in [0.05, 0.1) is 6.61 Å². The van der Waals surface area contributed by atoms with E-state index in [9.17, 15) is 4.79 Å². The highest BCUT2D eigenvalue weighted by Gasteiger charge is 2.28. The molecule has 0 aliphatic carbocycles. The number of carbonyl (C=O) groups is 1. The Kier molecular flexibility index (Phi) is 8.82. The lowest BCUT2D eigenvalue weighted by atomic mass is 9.91. The zero-order valence-corrected chi connectivity index (χ0v) is 12.9. The lowest BCUT2D eigenvalue weighted by molar-refractivity contribution is -0.144. The minimum absolute atomic E-state index is 0.0787. The zero-order chi connectivity index (χ0) is 14.8. The third kappa shape index (κ3) is 6.68. The third-order valence-electron chi connectivity index (χ3n) is 3.68. The molecule has 0 amide bonds. The zero-order valence-electron chi connectivity index (χ0n) is 12.9. The van der Waals surface area contributed by atoms with Crippen molar-refractivity contribution >= 4 is 5.97 Å². The van der Waals surface area contributed by atoms with Gasteiger partial charge in [-0.2, -0.15) is 0 Å². The van der Waals surface area contributed by atoms with Crippen LogP contribution in [0.25, 0.3) is 0 Å². The van der Waals surface area contributed by atoms with Gasteiger partial charge in [0.15, 0.2) is 0 Å². The number of piperidine rings is 1. The molecular weight excluding hydrogens is 256 g/mol. The first-order valence-electron chi connectivity index (χ1n) is 7.91. The van der Waals surface area contributed by atoms with Gasteiger partial charge in [0.1, 0.15) is 0 Å². The lowest BCUT2D eigenvalue weighted by Gasteiger charge is -2.38. The molecule has 118 valence electrons. The summed E-state index contributed by atoms with van der Waals surface area (Å²) in [5, 5.41) is 12.3. The van der Waals surface area contributed by atoms with E-state index in [1.54, 1.807) is 0 Å². The molecule has 2 unspecified atom stereocenters. The molecule has 1 saturated heterocycles. The van der Waals surface area contributed by atoms with Crippen LogP contribution < -0.4 is 5.32 Å². The largest absolute Gasteiger partial charge is 0.466 e. The SMILES string of the molecule is CCCN1CC(CC(=O)OCC)CC(NCCCO)C1. The van der Waals surface area contributed by atoms with Gasteiger partial charge in [-0.3, -0.25) is 4.79 Å². The summed E-state index contributed by atoms with van der Waals surface area (Å²) in [4.78, 5) is 14.1. The second-order valence-electron chi connectivity index (χ2n) is 5.60. The molecule has 2 atom stereocenters. The van der Waals surface area contributed by atoms with E-state index in [4.69, 9.17) is 9.84 Å².